The van der Waals surface area contributed by atoms with Gasteiger partial charge in [0.2, 0.25) is 0 Å². The Morgan fingerprint density at radius 1 is 1.05 bits per heavy atom. The van der Waals surface area contributed by atoms with Crippen LogP contribution in [0.15, 0.2) is 53.4 Å². The lowest BCUT2D eigenvalue weighted by molar-refractivity contribution is 0.956. The fourth-order valence-corrected chi connectivity index (χ4v) is 2.34. The monoisotopic (exact) mass is 251 g/mol. The van der Waals surface area contributed by atoms with E-state index in [-0.39, 0.29) is 0 Å². The van der Waals surface area contributed by atoms with Gasteiger partial charge in [-0.15, -0.1) is 0 Å². The molecule has 2 aliphatic rings. The molecule has 0 radical (unpaired) electrons. The Morgan fingerprint density at radius 2 is 2.00 bits per heavy atom. The highest BCUT2D eigenvalue weighted by Crippen LogP contribution is 2.24. The summed E-state index contributed by atoms with van der Waals surface area (Å²) in [7, 11) is 0. The first kappa shape index (κ1) is 11.9. The summed E-state index contributed by atoms with van der Waals surface area (Å²) in [6.45, 7) is 0. The second kappa shape index (κ2) is 5.22. The van der Waals surface area contributed by atoms with E-state index in [1.54, 1.807) is 0 Å². The van der Waals surface area contributed by atoms with Gasteiger partial charge in [0.25, 0.3) is 0 Å². The van der Waals surface area contributed by atoms with Crippen LogP contribution in [0.4, 0.5) is 0 Å². The molecule has 1 aromatic heterocycles. The zero-order chi connectivity index (χ0) is 13.1. The number of hydrogen-bond acceptors (Lipinski definition) is 3. The number of hydrogen-bond donors (Lipinski definition) is 1. The standard InChI is InChI=1S/C16H17N3/c17-14-7-4-12(5-8-14)13-6-9-16(19-11-13)15-3-1-2-10-18-15/h2,4,6-7,9-11H,1,3,5,8,17H2. The maximum atomic E-state index is 5.78. The second-order valence-electron chi connectivity index (χ2n) is 4.86. The summed E-state index contributed by atoms with van der Waals surface area (Å²) >= 11 is 0. The minimum absolute atomic E-state index is 0.936. The van der Waals surface area contributed by atoms with Crippen molar-refractivity contribution < 1.29 is 0 Å². The molecule has 0 atom stereocenters. The lowest BCUT2D eigenvalue weighted by atomic mass is 9.97. The molecule has 0 aromatic carbocycles. The van der Waals surface area contributed by atoms with E-state index in [9.17, 15) is 0 Å². The average molecular weight is 251 g/mol. The number of nitrogens with zero attached hydrogens (tertiary/aromatic N) is 2. The molecule has 0 bridgehead atoms. The molecule has 3 heteroatoms. The molecule has 19 heavy (non-hydrogen) atoms. The Labute approximate surface area is 113 Å². The van der Waals surface area contributed by atoms with Crippen LogP contribution in [0.2, 0.25) is 0 Å². The highest BCUT2D eigenvalue weighted by Gasteiger charge is 2.09. The van der Waals surface area contributed by atoms with Crippen molar-refractivity contribution in [1.29, 1.82) is 0 Å². The highest BCUT2D eigenvalue weighted by molar-refractivity contribution is 5.99. The minimum Gasteiger partial charge on any atom is -0.402 e. The van der Waals surface area contributed by atoms with Crippen LogP contribution < -0.4 is 5.73 Å². The normalized spacial score (nSPS) is 18.6. The number of allylic oxidation sites excluding steroid dienone is 5. The predicted octanol–water partition coefficient (Wildman–Crippen LogP) is 3.20. The first-order valence-electron chi connectivity index (χ1n) is 6.66. The van der Waals surface area contributed by atoms with Crippen molar-refractivity contribution in [3.63, 3.8) is 0 Å². The lowest BCUT2D eigenvalue weighted by Gasteiger charge is -2.13. The van der Waals surface area contributed by atoms with Crippen molar-refractivity contribution in [2.45, 2.75) is 25.7 Å². The number of pyridine rings is 1. The van der Waals surface area contributed by atoms with E-state index >= 15 is 0 Å². The highest BCUT2D eigenvalue weighted by atomic mass is 14.8. The average Bonchev–Trinajstić information content (AvgIpc) is 2.49. The van der Waals surface area contributed by atoms with Gasteiger partial charge < -0.3 is 5.73 Å². The Kier molecular flexibility index (Phi) is 3.27. The molecular formula is C16H17N3. The SMILES string of the molecule is NC1=CC=C(c2ccc(C3=NC=CCC3)nc2)CC1. The van der Waals surface area contributed by atoms with Gasteiger partial charge >= 0.3 is 0 Å². The summed E-state index contributed by atoms with van der Waals surface area (Å²) in [5.41, 5.74) is 11.3. The van der Waals surface area contributed by atoms with E-state index in [2.05, 4.69) is 34.3 Å². The quantitative estimate of drug-likeness (QED) is 0.877. The van der Waals surface area contributed by atoms with Crippen LogP contribution >= 0.6 is 0 Å². The molecule has 1 aromatic rings. The smallest absolute Gasteiger partial charge is 0.0844 e. The molecule has 1 aliphatic heterocycles. The topological polar surface area (TPSA) is 51.3 Å². The largest absolute Gasteiger partial charge is 0.402 e. The molecule has 2 N–H and O–H groups in total. The first-order chi connectivity index (χ1) is 9.33. The van der Waals surface area contributed by atoms with Crippen molar-refractivity contribution in [1.82, 2.24) is 4.98 Å². The molecule has 3 nitrogen and oxygen atoms in total. The first-order valence-corrected chi connectivity index (χ1v) is 6.66. The lowest BCUT2D eigenvalue weighted by Crippen LogP contribution is -2.06. The summed E-state index contributed by atoms with van der Waals surface area (Å²) < 4.78 is 0. The van der Waals surface area contributed by atoms with E-state index in [1.807, 2.05) is 18.5 Å². The van der Waals surface area contributed by atoms with Gasteiger partial charge in [-0.2, -0.15) is 0 Å². The number of rotatable bonds is 2. The number of nitrogens with two attached hydrogens (primary N) is 1. The molecule has 96 valence electrons. The maximum absolute atomic E-state index is 5.78. The van der Waals surface area contributed by atoms with Crippen LogP contribution in [-0.4, -0.2) is 10.7 Å². The molecule has 2 heterocycles. The Hall–Kier alpha value is -2.16. The molecule has 1 aliphatic carbocycles. The van der Waals surface area contributed by atoms with Gasteiger partial charge in [-0.05, 0) is 49.0 Å². The van der Waals surface area contributed by atoms with Gasteiger partial charge in [-0.3, -0.25) is 9.98 Å². The number of aliphatic imine (C=N–C) groups is 1. The number of aromatic nitrogens is 1. The molecule has 0 amide bonds. The van der Waals surface area contributed by atoms with Crippen LogP contribution in [0.5, 0.6) is 0 Å². The van der Waals surface area contributed by atoms with E-state index in [4.69, 9.17) is 5.73 Å². The molecule has 0 saturated heterocycles. The van der Waals surface area contributed by atoms with E-state index in [0.29, 0.717) is 0 Å². The summed E-state index contributed by atoms with van der Waals surface area (Å²) in [5.74, 6) is 0. The predicted molar refractivity (Wildman–Crippen MR) is 78.6 cm³/mol. The summed E-state index contributed by atoms with van der Waals surface area (Å²) in [5, 5.41) is 0. The Balaban J connectivity index is 1.83. The van der Waals surface area contributed by atoms with E-state index < -0.39 is 0 Å². The zero-order valence-electron chi connectivity index (χ0n) is 10.8. The molecule has 0 saturated carbocycles. The fourth-order valence-electron chi connectivity index (χ4n) is 2.34. The van der Waals surface area contributed by atoms with Crippen molar-refractivity contribution in [3.8, 4) is 0 Å². The maximum Gasteiger partial charge on any atom is 0.0844 e. The van der Waals surface area contributed by atoms with Gasteiger partial charge in [0.15, 0.2) is 0 Å². The third kappa shape index (κ3) is 2.65. The van der Waals surface area contributed by atoms with Crippen molar-refractivity contribution >= 4 is 11.3 Å². The molecule has 0 fully saturated rings. The Morgan fingerprint density at radius 3 is 2.63 bits per heavy atom. The van der Waals surface area contributed by atoms with Crippen LogP contribution in [0, 0.1) is 0 Å². The summed E-state index contributed by atoms with van der Waals surface area (Å²) in [4.78, 5) is 8.92. The zero-order valence-corrected chi connectivity index (χ0v) is 10.8. The van der Waals surface area contributed by atoms with Crippen LogP contribution in [0.25, 0.3) is 5.57 Å². The third-order valence-corrected chi connectivity index (χ3v) is 3.50. The van der Waals surface area contributed by atoms with Gasteiger partial charge in [-0.1, -0.05) is 18.2 Å². The van der Waals surface area contributed by atoms with E-state index in [0.717, 1.165) is 42.8 Å². The van der Waals surface area contributed by atoms with Gasteiger partial charge in [0, 0.05) is 18.1 Å². The van der Waals surface area contributed by atoms with Crippen LogP contribution in [-0.2, 0) is 0 Å². The molecular weight excluding hydrogens is 234 g/mol. The molecule has 0 spiro atoms. The summed E-state index contributed by atoms with van der Waals surface area (Å²) in [6, 6.07) is 4.19. The van der Waals surface area contributed by atoms with E-state index in [1.165, 1.54) is 11.1 Å². The molecule has 3 rings (SSSR count). The van der Waals surface area contributed by atoms with Gasteiger partial charge in [0.05, 0.1) is 11.4 Å². The fraction of sp³-hybridized carbons (Fsp3) is 0.250. The van der Waals surface area contributed by atoms with Gasteiger partial charge in [0.1, 0.15) is 0 Å². The molecule has 0 unspecified atom stereocenters. The van der Waals surface area contributed by atoms with Crippen molar-refractivity contribution in [2.75, 3.05) is 0 Å². The Bertz CT molecular complexity index is 589. The minimum atomic E-state index is 0.936. The van der Waals surface area contributed by atoms with Crippen LogP contribution in [0.1, 0.15) is 36.9 Å². The van der Waals surface area contributed by atoms with Crippen molar-refractivity contribution in [3.05, 3.63) is 59.7 Å². The van der Waals surface area contributed by atoms with Gasteiger partial charge in [-0.25, -0.2) is 0 Å². The van der Waals surface area contributed by atoms with Crippen LogP contribution in [0.3, 0.4) is 0 Å². The van der Waals surface area contributed by atoms with Crippen molar-refractivity contribution in [2.24, 2.45) is 10.7 Å². The second-order valence-corrected chi connectivity index (χ2v) is 4.86. The summed E-state index contributed by atoms with van der Waals surface area (Å²) in [6.07, 6.45) is 13.9. The third-order valence-electron chi connectivity index (χ3n) is 3.50.